The van der Waals surface area contributed by atoms with Crippen LogP contribution in [0, 0.1) is 0 Å². The highest BCUT2D eigenvalue weighted by Crippen LogP contribution is 2.27. The topological polar surface area (TPSA) is 68.5 Å². The van der Waals surface area contributed by atoms with Crippen LogP contribution in [0.1, 0.15) is 46.4 Å². The molecule has 1 aliphatic carbocycles. The molecule has 0 bridgehead atoms. The molecule has 0 N–H and O–H groups in total. The molecule has 1 unspecified atom stereocenters. The maximum absolute atomic E-state index is 12.9. The van der Waals surface area contributed by atoms with Gasteiger partial charge in [0.1, 0.15) is 0 Å². The number of nitrogens with zero attached hydrogens (tertiary/aromatic N) is 3. The molecule has 0 spiro atoms. The first-order valence-electron chi connectivity index (χ1n) is 7.86. The van der Waals surface area contributed by atoms with E-state index in [9.17, 15) is 4.79 Å². The van der Waals surface area contributed by atoms with Gasteiger partial charge in [-0.25, -0.2) is 0 Å². The summed E-state index contributed by atoms with van der Waals surface area (Å²) in [7, 11) is 3.36. The van der Waals surface area contributed by atoms with Gasteiger partial charge in [-0.15, -0.1) is 0 Å². The fraction of sp³-hybridized carbons (Fsp3) is 0.471. The number of methoxy groups -OCH3 is 1. The third-order valence-electron chi connectivity index (χ3n) is 4.30. The van der Waals surface area contributed by atoms with Crippen LogP contribution in [0.15, 0.2) is 28.9 Å². The number of ether oxygens (including phenoxy) is 1. The second-order valence-electron chi connectivity index (χ2n) is 5.79. The Labute approximate surface area is 135 Å². The smallest absolute Gasteiger partial charge is 0.293 e. The predicted octanol–water partition coefficient (Wildman–Crippen LogP) is 2.41. The summed E-state index contributed by atoms with van der Waals surface area (Å²) in [5.41, 5.74) is 2.68. The van der Waals surface area contributed by atoms with Gasteiger partial charge in [0.15, 0.2) is 0 Å². The monoisotopic (exact) mass is 315 g/mol. The van der Waals surface area contributed by atoms with Gasteiger partial charge in [-0.2, -0.15) is 0 Å². The minimum Gasteiger partial charge on any atom is -0.382 e. The molecule has 0 radical (unpaired) electrons. The van der Waals surface area contributed by atoms with E-state index in [-0.39, 0.29) is 11.9 Å². The zero-order valence-corrected chi connectivity index (χ0v) is 13.5. The van der Waals surface area contributed by atoms with Crippen LogP contribution in [-0.4, -0.2) is 41.7 Å². The number of carbonyl (C=O) groups is 1. The van der Waals surface area contributed by atoms with Crippen LogP contribution in [-0.2, 0) is 17.6 Å². The van der Waals surface area contributed by atoms with Crippen LogP contribution >= 0.6 is 0 Å². The molecule has 23 heavy (non-hydrogen) atoms. The Morgan fingerprint density at radius 2 is 2.22 bits per heavy atom. The summed E-state index contributed by atoms with van der Waals surface area (Å²) in [6, 6.07) is 5.38. The Balaban J connectivity index is 1.86. The molecule has 0 saturated carbocycles. The average molecular weight is 315 g/mol. The second-order valence-corrected chi connectivity index (χ2v) is 5.79. The van der Waals surface area contributed by atoms with Crippen molar-refractivity contribution < 1.29 is 14.1 Å². The first-order valence-corrected chi connectivity index (χ1v) is 7.86. The summed E-state index contributed by atoms with van der Waals surface area (Å²) in [5, 5.41) is 4.07. The first-order chi connectivity index (χ1) is 11.2. The van der Waals surface area contributed by atoms with Gasteiger partial charge in [0.25, 0.3) is 5.91 Å². The predicted molar refractivity (Wildman–Crippen MR) is 84.1 cm³/mol. The minimum absolute atomic E-state index is 0.173. The zero-order chi connectivity index (χ0) is 16.2. The normalized spacial score (nSPS) is 15.0. The van der Waals surface area contributed by atoms with Gasteiger partial charge in [0.05, 0.1) is 24.0 Å². The molecule has 1 amide bonds. The van der Waals surface area contributed by atoms with Crippen molar-refractivity contribution in [3.8, 4) is 0 Å². The van der Waals surface area contributed by atoms with Crippen molar-refractivity contribution in [3.63, 3.8) is 0 Å². The van der Waals surface area contributed by atoms with Crippen molar-refractivity contribution in [2.24, 2.45) is 0 Å². The summed E-state index contributed by atoms with van der Waals surface area (Å²) in [6.07, 6.45) is 5.62. The molecule has 122 valence electrons. The fourth-order valence-electron chi connectivity index (χ4n) is 2.99. The average Bonchev–Trinajstić information content (AvgIpc) is 3.03. The molecule has 6 nitrogen and oxygen atoms in total. The van der Waals surface area contributed by atoms with Crippen LogP contribution in [0.4, 0.5) is 0 Å². The molecule has 2 heterocycles. The van der Waals surface area contributed by atoms with E-state index in [4.69, 9.17) is 9.26 Å². The number of likely N-dealkylation sites (N-methyl/N-ethyl adjacent to an activating group) is 1. The van der Waals surface area contributed by atoms with Crippen LogP contribution in [0.5, 0.6) is 0 Å². The molecule has 1 aliphatic rings. The second kappa shape index (κ2) is 6.91. The highest BCUT2D eigenvalue weighted by molar-refractivity contribution is 5.93. The maximum atomic E-state index is 12.9. The summed E-state index contributed by atoms with van der Waals surface area (Å²) < 4.78 is 10.6. The Morgan fingerprint density at radius 3 is 2.96 bits per heavy atom. The number of fused-ring (bicyclic) bond motifs is 1. The molecule has 0 aliphatic heterocycles. The molecule has 1 atom stereocenters. The molecular weight excluding hydrogens is 294 g/mol. The maximum Gasteiger partial charge on any atom is 0.293 e. The third-order valence-corrected chi connectivity index (χ3v) is 4.30. The van der Waals surface area contributed by atoms with Gasteiger partial charge in [0, 0.05) is 25.9 Å². The first kappa shape index (κ1) is 15.7. The number of aryl methyl sites for hydroxylation is 1. The van der Waals surface area contributed by atoms with E-state index < -0.39 is 0 Å². The number of rotatable bonds is 5. The number of amides is 1. The molecule has 3 rings (SSSR count). The summed E-state index contributed by atoms with van der Waals surface area (Å²) in [5.74, 6) is 0.188. The van der Waals surface area contributed by atoms with Crippen LogP contribution in [0.25, 0.3) is 0 Å². The number of carbonyl (C=O) groups excluding carboxylic acids is 1. The lowest BCUT2D eigenvalue weighted by Crippen LogP contribution is -2.34. The highest BCUT2D eigenvalue weighted by Gasteiger charge is 2.30. The molecule has 0 saturated heterocycles. The minimum atomic E-state index is -0.266. The van der Waals surface area contributed by atoms with E-state index in [0.29, 0.717) is 12.4 Å². The summed E-state index contributed by atoms with van der Waals surface area (Å²) in [6.45, 7) is 0.371. The lowest BCUT2D eigenvalue weighted by atomic mass is 9.95. The zero-order valence-electron chi connectivity index (χ0n) is 13.5. The van der Waals surface area contributed by atoms with Crippen LogP contribution in [0.3, 0.4) is 0 Å². The van der Waals surface area contributed by atoms with Gasteiger partial charge in [-0.3, -0.25) is 9.78 Å². The molecule has 0 fully saturated rings. The molecule has 2 aromatic heterocycles. The van der Waals surface area contributed by atoms with Crippen molar-refractivity contribution in [2.75, 3.05) is 20.8 Å². The van der Waals surface area contributed by atoms with E-state index >= 15 is 0 Å². The third kappa shape index (κ3) is 3.12. The van der Waals surface area contributed by atoms with Gasteiger partial charge in [-0.1, -0.05) is 11.2 Å². The number of aromatic nitrogens is 2. The molecular formula is C17H21N3O3. The summed E-state index contributed by atoms with van der Waals surface area (Å²) in [4.78, 5) is 18.9. The van der Waals surface area contributed by atoms with Crippen molar-refractivity contribution in [3.05, 3.63) is 47.1 Å². The number of pyridine rings is 1. The lowest BCUT2D eigenvalue weighted by molar-refractivity contribution is 0.0556. The quantitative estimate of drug-likeness (QED) is 0.847. The van der Waals surface area contributed by atoms with E-state index in [2.05, 4.69) is 10.1 Å². The van der Waals surface area contributed by atoms with E-state index in [1.807, 2.05) is 18.2 Å². The van der Waals surface area contributed by atoms with Gasteiger partial charge < -0.3 is 14.2 Å². The Morgan fingerprint density at radius 1 is 1.39 bits per heavy atom. The number of hydrogen-bond donors (Lipinski definition) is 0. The van der Waals surface area contributed by atoms with Crippen LogP contribution in [0.2, 0.25) is 0 Å². The van der Waals surface area contributed by atoms with Crippen molar-refractivity contribution in [2.45, 2.75) is 31.7 Å². The van der Waals surface area contributed by atoms with Gasteiger partial charge in [-0.05, 0) is 37.8 Å². The Hall–Kier alpha value is -2.21. The lowest BCUT2D eigenvalue weighted by Gasteiger charge is -2.26. The summed E-state index contributed by atoms with van der Waals surface area (Å²) >= 11 is 0. The van der Waals surface area contributed by atoms with Crippen molar-refractivity contribution in [1.82, 2.24) is 15.0 Å². The molecule has 2 aromatic rings. The Kier molecular flexibility index (Phi) is 4.71. The standard InChI is InChI=1S/C17H21N3O3/c1-20(15(11-22-2)14-9-5-6-10-18-14)17(21)16-12-7-3-4-8-13(12)19-23-16/h5-6,9-10,15H,3-4,7-8,11H2,1-2H3. The molecule has 0 aromatic carbocycles. The largest absolute Gasteiger partial charge is 0.382 e. The van der Waals surface area contributed by atoms with Crippen molar-refractivity contribution >= 4 is 5.91 Å². The van der Waals surface area contributed by atoms with E-state index in [0.717, 1.165) is 42.6 Å². The van der Waals surface area contributed by atoms with Gasteiger partial charge in [0.2, 0.25) is 5.76 Å². The SMILES string of the molecule is COCC(c1ccccn1)N(C)C(=O)c1onc2c1CCCC2. The van der Waals surface area contributed by atoms with Gasteiger partial charge >= 0.3 is 0 Å². The van der Waals surface area contributed by atoms with E-state index in [1.54, 1.807) is 25.3 Å². The fourth-order valence-corrected chi connectivity index (χ4v) is 2.99. The highest BCUT2D eigenvalue weighted by atomic mass is 16.5. The van der Waals surface area contributed by atoms with E-state index in [1.165, 1.54) is 0 Å². The van der Waals surface area contributed by atoms with Crippen LogP contribution < -0.4 is 0 Å². The number of hydrogen-bond acceptors (Lipinski definition) is 5. The van der Waals surface area contributed by atoms with Crippen molar-refractivity contribution in [1.29, 1.82) is 0 Å². The molecule has 6 heteroatoms. The Bertz CT molecular complexity index is 669.